The summed E-state index contributed by atoms with van der Waals surface area (Å²) in [5.41, 5.74) is 0. The zero-order valence-electron chi connectivity index (χ0n) is 8.13. The fraction of sp³-hybridized carbons (Fsp3) is 0.167. The molecule has 0 aliphatic rings. The molecular formula is C12H16Fe-6. The molecule has 0 nitrogen and oxygen atoms in total. The molecule has 0 N–H and O–H groups in total. The van der Waals surface area contributed by atoms with Crippen LogP contribution < -0.4 is 0 Å². The minimum atomic E-state index is 0. The van der Waals surface area contributed by atoms with Crippen molar-refractivity contribution >= 4 is 0 Å². The second kappa shape index (κ2) is 13.8. The van der Waals surface area contributed by atoms with E-state index in [-0.39, 0.29) is 17.1 Å². The smallest absolute Gasteiger partial charge is 0 e. The van der Waals surface area contributed by atoms with Crippen molar-refractivity contribution in [3.63, 3.8) is 0 Å². The zero-order chi connectivity index (χ0) is 9.07. The van der Waals surface area contributed by atoms with Gasteiger partial charge in [0, 0.05) is 17.1 Å². The molecule has 78 valence electrons. The van der Waals surface area contributed by atoms with Gasteiger partial charge in [-0.2, -0.15) is 18.2 Å². The van der Waals surface area contributed by atoms with Crippen LogP contribution in [0.1, 0.15) is 13.8 Å². The zero-order valence-corrected chi connectivity index (χ0v) is 9.23. The Hall–Kier alpha value is -0.781. The Morgan fingerprint density at radius 1 is 0.692 bits per heavy atom. The van der Waals surface area contributed by atoms with Crippen LogP contribution in [0.15, 0.2) is 60.7 Å². The number of hydrogen-bond donors (Lipinski definition) is 0. The van der Waals surface area contributed by atoms with Gasteiger partial charge in [0.1, 0.15) is 0 Å². The maximum Gasteiger partial charge on any atom is 0 e. The summed E-state index contributed by atoms with van der Waals surface area (Å²) < 4.78 is 0. The van der Waals surface area contributed by atoms with Crippen LogP contribution in [0.3, 0.4) is 0 Å². The molecule has 1 heteroatoms. The molecule has 0 spiro atoms. The summed E-state index contributed by atoms with van der Waals surface area (Å²) in [4.78, 5) is 0. The Balaban J connectivity index is 0. The fourth-order valence-corrected chi connectivity index (χ4v) is 0.642. The molecule has 2 aromatic rings. The number of rotatable bonds is 0. The van der Waals surface area contributed by atoms with E-state index in [9.17, 15) is 0 Å². The predicted molar refractivity (Wildman–Crippen MR) is 55.4 cm³/mol. The summed E-state index contributed by atoms with van der Waals surface area (Å²) in [6.45, 7) is 4.00. The van der Waals surface area contributed by atoms with E-state index in [0.29, 0.717) is 0 Å². The second-order valence-corrected chi connectivity index (χ2v) is 1.92. The molecular weight excluding hydrogens is 200 g/mol. The Labute approximate surface area is 91.8 Å². The van der Waals surface area contributed by atoms with Crippen LogP contribution in [0.4, 0.5) is 0 Å². The van der Waals surface area contributed by atoms with Gasteiger partial charge in [0.05, 0.1) is 0 Å². The first-order valence-electron chi connectivity index (χ1n) is 4.33. The average Bonchev–Trinajstić information content (AvgIpc) is 2.87. The van der Waals surface area contributed by atoms with Gasteiger partial charge in [0.25, 0.3) is 0 Å². The van der Waals surface area contributed by atoms with Crippen LogP contribution in [-0.4, -0.2) is 0 Å². The van der Waals surface area contributed by atoms with Crippen molar-refractivity contribution in [1.82, 2.24) is 0 Å². The van der Waals surface area contributed by atoms with Crippen LogP contribution in [-0.2, 0) is 17.1 Å². The summed E-state index contributed by atoms with van der Waals surface area (Å²) in [5, 5.41) is 0. The van der Waals surface area contributed by atoms with E-state index in [1.165, 1.54) is 0 Å². The molecule has 0 aliphatic heterocycles. The summed E-state index contributed by atoms with van der Waals surface area (Å²) in [5.74, 6) is 0. The van der Waals surface area contributed by atoms with Gasteiger partial charge in [-0.1, -0.05) is 13.8 Å². The third-order valence-corrected chi connectivity index (χ3v) is 1.11. The van der Waals surface area contributed by atoms with E-state index in [4.69, 9.17) is 0 Å². The summed E-state index contributed by atoms with van der Waals surface area (Å²) in [6, 6.07) is 20.0. The topological polar surface area (TPSA) is 0 Å². The average molecular weight is 216 g/mol. The molecule has 0 amide bonds. The monoisotopic (exact) mass is 216 g/mol. The Morgan fingerprint density at radius 2 is 1.00 bits per heavy atom. The fourth-order valence-electron chi connectivity index (χ4n) is 0.642. The van der Waals surface area contributed by atoms with Gasteiger partial charge >= 0.3 is 0 Å². The maximum atomic E-state index is 2.00. The van der Waals surface area contributed by atoms with Gasteiger partial charge in [-0.3, -0.25) is 0 Å². The molecule has 0 radical (unpaired) electrons. The van der Waals surface area contributed by atoms with E-state index in [2.05, 4.69) is 0 Å². The summed E-state index contributed by atoms with van der Waals surface area (Å²) in [7, 11) is 0. The standard InChI is InChI=1S/2C5H5.C2H6.Fe/c2*1-2-4-5-3-1;1-2;/h2*1-5H;1-2H3;/q-5;-1;;. The first kappa shape index (κ1) is 14.7. The van der Waals surface area contributed by atoms with Crippen molar-refractivity contribution in [2.45, 2.75) is 13.8 Å². The molecule has 13 heavy (non-hydrogen) atoms. The summed E-state index contributed by atoms with van der Waals surface area (Å²) in [6.07, 6.45) is 0. The van der Waals surface area contributed by atoms with Gasteiger partial charge in [-0.25, -0.2) is 12.1 Å². The minimum absolute atomic E-state index is 0. The van der Waals surface area contributed by atoms with E-state index in [0.717, 1.165) is 0 Å². The van der Waals surface area contributed by atoms with Crippen molar-refractivity contribution in [2.75, 3.05) is 0 Å². The molecule has 0 unspecified atom stereocenters. The normalized spacial score (nSPS) is 6.62. The minimum Gasteiger partial charge on any atom is -0.748 e. The Morgan fingerprint density at radius 3 is 1.15 bits per heavy atom. The van der Waals surface area contributed by atoms with Crippen LogP contribution in [0.5, 0.6) is 0 Å². The van der Waals surface area contributed by atoms with Crippen molar-refractivity contribution in [1.29, 1.82) is 0 Å². The third-order valence-electron chi connectivity index (χ3n) is 1.11. The molecule has 0 fully saturated rings. The maximum absolute atomic E-state index is 2.00. The van der Waals surface area contributed by atoms with Gasteiger partial charge in [-0.15, -0.1) is 0 Å². The quantitative estimate of drug-likeness (QED) is 0.463. The molecule has 0 bridgehead atoms. The molecule has 0 saturated carbocycles. The predicted octanol–water partition coefficient (Wildman–Crippen LogP) is 3.83. The van der Waals surface area contributed by atoms with E-state index >= 15 is 0 Å². The largest absolute Gasteiger partial charge is 0.748 e. The first-order valence-corrected chi connectivity index (χ1v) is 4.33. The van der Waals surface area contributed by atoms with Crippen LogP contribution in [0.25, 0.3) is 0 Å². The second-order valence-electron chi connectivity index (χ2n) is 1.92. The van der Waals surface area contributed by atoms with Crippen molar-refractivity contribution in [2.24, 2.45) is 0 Å². The van der Waals surface area contributed by atoms with Gasteiger partial charge in [-0.05, 0) is 0 Å². The Kier molecular flexibility index (Phi) is 15.6. The van der Waals surface area contributed by atoms with Crippen LogP contribution in [0, 0.1) is 0 Å². The SMILES string of the molecule is CC.[Fe].[cH-]1[cH-][cH-][cH-][cH-]1.c1cc[cH-]c1. The van der Waals surface area contributed by atoms with Crippen LogP contribution >= 0.6 is 0 Å². The van der Waals surface area contributed by atoms with Gasteiger partial charge in [0.2, 0.25) is 0 Å². The molecule has 0 heterocycles. The molecule has 2 rings (SSSR count). The van der Waals surface area contributed by atoms with Crippen molar-refractivity contribution in [3.8, 4) is 0 Å². The molecule has 0 aromatic heterocycles. The summed E-state index contributed by atoms with van der Waals surface area (Å²) >= 11 is 0. The Bertz CT molecular complexity index is 144. The van der Waals surface area contributed by atoms with Crippen LogP contribution in [0.2, 0.25) is 0 Å². The third kappa shape index (κ3) is 11.2. The van der Waals surface area contributed by atoms with E-state index < -0.39 is 0 Å². The van der Waals surface area contributed by atoms with E-state index in [1.807, 2.05) is 74.5 Å². The van der Waals surface area contributed by atoms with E-state index in [1.54, 1.807) is 0 Å². The number of hydrogen-bond acceptors (Lipinski definition) is 0. The van der Waals surface area contributed by atoms with Crippen molar-refractivity contribution in [3.05, 3.63) is 60.7 Å². The van der Waals surface area contributed by atoms with Gasteiger partial charge in [0.15, 0.2) is 0 Å². The molecule has 0 saturated heterocycles. The molecule has 2 aromatic carbocycles. The van der Waals surface area contributed by atoms with Gasteiger partial charge < -0.3 is 30.3 Å². The first-order chi connectivity index (χ1) is 6.00. The van der Waals surface area contributed by atoms with Crippen molar-refractivity contribution < 1.29 is 17.1 Å². The molecule has 0 aliphatic carbocycles. The molecule has 0 atom stereocenters.